The second-order valence-corrected chi connectivity index (χ2v) is 4.92. The second kappa shape index (κ2) is 5.83. The van der Waals surface area contributed by atoms with E-state index >= 15 is 0 Å². The van der Waals surface area contributed by atoms with Crippen LogP contribution < -0.4 is 5.73 Å². The van der Waals surface area contributed by atoms with Crippen molar-refractivity contribution in [3.63, 3.8) is 0 Å². The molecule has 2 fully saturated rings. The Labute approximate surface area is 92.3 Å². The number of hydrogen-bond donors (Lipinski definition) is 1. The molecule has 0 amide bonds. The molecule has 0 aromatic rings. The zero-order valence-corrected chi connectivity index (χ0v) is 9.49. The molecule has 0 heterocycles. The Hall–Kier alpha value is -0.120. The number of ether oxygens (including phenoxy) is 2. The van der Waals surface area contributed by atoms with Crippen LogP contribution >= 0.6 is 0 Å². The molecule has 2 saturated carbocycles. The lowest BCUT2D eigenvalue weighted by atomic mass is 9.86. The zero-order valence-electron chi connectivity index (χ0n) is 9.49. The molecule has 88 valence electrons. The zero-order chi connectivity index (χ0) is 10.5. The summed E-state index contributed by atoms with van der Waals surface area (Å²) in [5.74, 6) is 1.38. The molecule has 2 aliphatic rings. The Morgan fingerprint density at radius 3 is 2.60 bits per heavy atom. The third kappa shape index (κ3) is 3.74. The highest BCUT2D eigenvalue weighted by Gasteiger charge is 2.25. The van der Waals surface area contributed by atoms with Crippen molar-refractivity contribution in [2.45, 2.75) is 44.6 Å². The number of nitrogens with two attached hydrogens (primary N) is 1. The first kappa shape index (κ1) is 11.4. The van der Waals surface area contributed by atoms with Gasteiger partial charge in [0.15, 0.2) is 0 Å². The second-order valence-electron chi connectivity index (χ2n) is 4.92. The van der Waals surface area contributed by atoms with Crippen LogP contribution in [0.1, 0.15) is 38.5 Å². The summed E-state index contributed by atoms with van der Waals surface area (Å²) < 4.78 is 11.3. The maximum atomic E-state index is 5.76. The smallest absolute Gasteiger partial charge is 0.147 e. The van der Waals surface area contributed by atoms with Crippen molar-refractivity contribution >= 4 is 0 Å². The average molecular weight is 213 g/mol. The summed E-state index contributed by atoms with van der Waals surface area (Å²) in [6, 6.07) is 0. The third-order valence-electron chi connectivity index (χ3n) is 3.56. The molecule has 0 bridgehead atoms. The van der Waals surface area contributed by atoms with Crippen LogP contribution in [0.2, 0.25) is 0 Å². The molecule has 0 aromatic heterocycles. The van der Waals surface area contributed by atoms with Crippen molar-refractivity contribution in [3.05, 3.63) is 0 Å². The maximum Gasteiger partial charge on any atom is 0.147 e. The van der Waals surface area contributed by atoms with Crippen molar-refractivity contribution in [2.24, 2.45) is 17.6 Å². The average Bonchev–Trinajstić information content (AvgIpc) is 3.09. The lowest BCUT2D eigenvalue weighted by molar-refractivity contribution is -0.116. The first-order valence-electron chi connectivity index (χ1n) is 6.29. The van der Waals surface area contributed by atoms with Crippen LogP contribution in [0.15, 0.2) is 0 Å². The minimum atomic E-state index is 0.350. The summed E-state index contributed by atoms with van der Waals surface area (Å²) in [5.41, 5.74) is 5.74. The Bertz CT molecular complexity index is 182. The largest absolute Gasteiger partial charge is 0.355 e. The van der Waals surface area contributed by atoms with E-state index in [1.54, 1.807) is 0 Å². The Morgan fingerprint density at radius 1 is 1.07 bits per heavy atom. The molecule has 0 aliphatic heterocycles. The van der Waals surface area contributed by atoms with E-state index in [-0.39, 0.29) is 0 Å². The summed E-state index contributed by atoms with van der Waals surface area (Å²) in [6.07, 6.45) is 8.01. The van der Waals surface area contributed by atoms with Crippen molar-refractivity contribution in [2.75, 3.05) is 19.9 Å². The topological polar surface area (TPSA) is 44.5 Å². The molecule has 2 rings (SSSR count). The van der Waals surface area contributed by atoms with E-state index in [4.69, 9.17) is 15.2 Å². The fourth-order valence-corrected chi connectivity index (χ4v) is 2.30. The third-order valence-corrected chi connectivity index (χ3v) is 3.56. The molecule has 0 saturated heterocycles. The van der Waals surface area contributed by atoms with E-state index in [1.807, 2.05) is 0 Å². The van der Waals surface area contributed by atoms with E-state index < -0.39 is 0 Å². The van der Waals surface area contributed by atoms with E-state index in [2.05, 4.69) is 0 Å². The highest BCUT2D eigenvalue weighted by Crippen LogP contribution is 2.29. The SMILES string of the molecule is NCC1CCCCC1OCOCC1CC1. The highest BCUT2D eigenvalue weighted by atomic mass is 16.7. The molecule has 2 aliphatic carbocycles. The molecule has 2 atom stereocenters. The Balaban J connectivity index is 1.58. The van der Waals surface area contributed by atoms with E-state index in [0.29, 0.717) is 18.8 Å². The van der Waals surface area contributed by atoms with Crippen LogP contribution in [-0.2, 0) is 9.47 Å². The van der Waals surface area contributed by atoms with Crippen LogP contribution in [0, 0.1) is 11.8 Å². The van der Waals surface area contributed by atoms with Gasteiger partial charge in [0.25, 0.3) is 0 Å². The van der Waals surface area contributed by atoms with Crippen LogP contribution in [0.4, 0.5) is 0 Å². The standard InChI is InChI=1S/C12H23NO2/c13-7-11-3-1-2-4-12(11)15-9-14-8-10-5-6-10/h10-12H,1-9,13H2. The predicted molar refractivity (Wildman–Crippen MR) is 59.4 cm³/mol. The summed E-state index contributed by atoms with van der Waals surface area (Å²) in [7, 11) is 0. The molecule has 0 aromatic carbocycles. The summed E-state index contributed by atoms with van der Waals surface area (Å²) in [4.78, 5) is 0. The molecule has 2 N–H and O–H groups in total. The van der Waals surface area contributed by atoms with Gasteiger partial charge in [-0.25, -0.2) is 0 Å². The lowest BCUT2D eigenvalue weighted by Gasteiger charge is -2.30. The molecule has 3 nitrogen and oxygen atoms in total. The van der Waals surface area contributed by atoms with Gasteiger partial charge in [-0.05, 0) is 44.1 Å². The molecule has 2 unspecified atom stereocenters. The fourth-order valence-electron chi connectivity index (χ4n) is 2.30. The van der Waals surface area contributed by atoms with E-state index in [0.717, 1.165) is 25.5 Å². The van der Waals surface area contributed by atoms with Gasteiger partial charge in [0.2, 0.25) is 0 Å². The van der Waals surface area contributed by atoms with E-state index in [1.165, 1.54) is 32.1 Å². The quantitative estimate of drug-likeness (QED) is 0.541. The van der Waals surface area contributed by atoms with Crippen LogP contribution in [-0.4, -0.2) is 26.0 Å². The minimum absolute atomic E-state index is 0.350. The van der Waals surface area contributed by atoms with Crippen LogP contribution in [0.3, 0.4) is 0 Å². The van der Waals surface area contributed by atoms with Gasteiger partial charge in [-0.2, -0.15) is 0 Å². The first-order chi connectivity index (χ1) is 7.40. The monoisotopic (exact) mass is 213 g/mol. The van der Waals surface area contributed by atoms with Gasteiger partial charge in [0, 0.05) is 0 Å². The number of hydrogen-bond acceptors (Lipinski definition) is 3. The molecular formula is C12H23NO2. The molecule has 3 heteroatoms. The highest BCUT2D eigenvalue weighted by molar-refractivity contribution is 4.76. The number of rotatable bonds is 6. The van der Waals surface area contributed by atoms with Gasteiger partial charge >= 0.3 is 0 Å². The lowest BCUT2D eigenvalue weighted by Crippen LogP contribution is -2.33. The Kier molecular flexibility index (Phi) is 4.42. The van der Waals surface area contributed by atoms with Gasteiger partial charge in [0.05, 0.1) is 12.7 Å². The van der Waals surface area contributed by atoms with Crippen molar-refractivity contribution in [3.8, 4) is 0 Å². The van der Waals surface area contributed by atoms with Gasteiger partial charge in [0.1, 0.15) is 6.79 Å². The van der Waals surface area contributed by atoms with Gasteiger partial charge < -0.3 is 15.2 Å². The van der Waals surface area contributed by atoms with E-state index in [9.17, 15) is 0 Å². The first-order valence-corrected chi connectivity index (χ1v) is 6.29. The van der Waals surface area contributed by atoms with Gasteiger partial charge in [-0.1, -0.05) is 12.8 Å². The molecular weight excluding hydrogens is 190 g/mol. The van der Waals surface area contributed by atoms with Crippen LogP contribution in [0.25, 0.3) is 0 Å². The Morgan fingerprint density at radius 2 is 1.87 bits per heavy atom. The minimum Gasteiger partial charge on any atom is -0.355 e. The van der Waals surface area contributed by atoms with Crippen molar-refractivity contribution in [1.82, 2.24) is 0 Å². The van der Waals surface area contributed by atoms with Gasteiger partial charge in [-0.15, -0.1) is 0 Å². The predicted octanol–water partition coefficient (Wildman–Crippen LogP) is 1.90. The maximum absolute atomic E-state index is 5.76. The fraction of sp³-hybridized carbons (Fsp3) is 1.00. The molecule has 15 heavy (non-hydrogen) atoms. The van der Waals surface area contributed by atoms with Crippen LogP contribution in [0.5, 0.6) is 0 Å². The summed E-state index contributed by atoms with van der Waals surface area (Å²) in [5, 5.41) is 0. The molecule has 0 spiro atoms. The summed E-state index contributed by atoms with van der Waals surface area (Å²) >= 11 is 0. The summed E-state index contributed by atoms with van der Waals surface area (Å²) in [6.45, 7) is 2.12. The molecule has 0 radical (unpaired) electrons. The van der Waals surface area contributed by atoms with Crippen molar-refractivity contribution in [1.29, 1.82) is 0 Å². The van der Waals surface area contributed by atoms with Gasteiger partial charge in [-0.3, -0.25) is 0 Å². The van der Waals surface area contributed by atoms with Crippen molar-refractivity contribution < 1.29 is 9.47 Å². The normalized spacial score (nSPS) is 31.8.